The Bertz CT molecular complexity index is 2380. The van der Waals surface area contributed by atoms with Crippen LogP contribution in [0, 0.1) is 6.92 Å². The Morgan fingerprint density at radius 1 is 0.391 bits per heavy atom. The summed E-state index contributed by atoms with van der Waals surface area (Å²) in [7, 11) is 0. The van der Waals surface area contributed by atoms with Crippen LogP contribution in [0.2, 0.25) is 0 Å². The number of aryl methyl sites for hydroxylation is 2. The maximum absolute atomic E-state index is 14.0. The van der Waals surface area contributed by atoms with Gasteiger partial charge in [0.15, 0.2) is 0 Å². The number of hydrogen-bond donors (Lipinski definition) is 7. The van der Waals surface area contributed by atoms with Crippen molar-refractivity contribution in [3.63, 3.8) is 0 Å². The van der Waals surface area contributed by atoms with E-state index in [4.69, 9.17) is 23.7 Å². The Balaban J connectivity index is 2.91. The highest BCUT2D eigenvalue weighted by Crippen LogP contribution is 2.17. The molecule has 23 heteroatoms. The van der Waals surface area contributed by atoms with Crippen LogP contribution in [0.4, 0.5) is 9.59 Å². The summed E-state index contributed by atoms with van der Waals surface area (Å²) in [6.45, 7) is 28.0. The van der Waals surface area contributed by atoms with E-state index in [0.717, 1.165) is 17.5 Å². The lowest BCUT2D eigenvalue weighted by molar-refractivity contribution is -0.163. The fraction of sp³-hybridized carbons (Fsp3) is 0.734. The second-order valence-electron chi connectivity index (χ2n) is 27.0. The highest BCUT2D eigenvalue weighted by molar-refractivity contribution is 6.36. The molecule has 1 aromatic carbocycles. The molecule has 0 aromatic heterocycles. The first kappa shape index (κ1) is 78.2. The summed E-state index contributed by atoms with van der Waals surface area (Å²) in [5.41, 5.74) is -1.98. The van der Waals surface area contributed by atoms with Crippen molar-refractivity contribution < 1.29 is 76.4 Å². The lowest BCUT2D eigenvalue weighted by Gasteiger charge is -2.27. The number of Topliss-reactive ketones (excluding diaryl/α,β-unsaturated/α-hetero) is 1. The number of unbranched alkanes of at least 4 members (excludes halogenated alkanes) is 6. The molecule has 0 spiro atoms. The van der Waals surface area contributed by atoms with E-state index in [1.807, 2.05) is 31.2 Å². The fourth-order valence-electron chi connectivity index (χ4n) is 8.31. The number of rotatable bonds is 37. The molecule has 0 fully saturated rings. The molecule has 0 aliphatic carbocycles. The third-order valence-electron chi connectivity index (χ3n) is 12.3. The van der Waals surface area contributed by atoms with E-state index in [9.17, 15) is 52.7 Å². The number of benzene rings is 1. The molecule has 0 bridgehead atoms. The van der Waals surface area contributed by atoms with E-state index in [0.29, 0.717) is 83.7 Å². The van der Waals surface area contributed by atoms with Gasteiger partial charge >= 0.3 is 36.0 Å². The van der Waals surface area contributed by atoms with Crippen molar-refractivity contribution in [2.75, 3.05) is 19.6 Å². The Kier molecular flexibility index (Phi) is 34.6. The van der Waals surface area contributed by atoms with Gasteiger partial charge in [-0.2, -0.15) is 0 Å². The molecule has 494 valence electrons. The van der Waals surface area contributed by atoms with Crippen molar-refractivity contribution in [3.05, 3.63) is 35.4 Å². The number of ketones is 1. The maximum Gasteiger partial charge on any atom is 0.407 e. The summed E-state index contributed by atoms with van der Waals surface area (Å²) in [5, 5.41) is 18.9. The molecule has 0 heterocycles. The average molecular weight is 1230 g/mol. The Morgan fingerprint density at radius 3 is 1.34 bits per heavy atom. The number of urea groups is 1. The molecule has 87 heavy (non-hydrogen) atoms. The minimum atomic E-state index is -1.28. The molecule has 0 aliphatic rings. The molecule has 7 N–H and O–H groups in total. The zero-order chi connectivity index (χ0) is 66.2. The third kappa shape index (κ3) is 41.1. The summed E-state index contributed by atoms with van der Waals surface area (Å²) in [5.74, 6) is -5.81. The van der Waals surface area contributed by atoms with Crippen LogP contribution in [-0.2, 0) is 73.3 Å². The molecule has 0 unspecified atom stereocenters. The molecule has 7 amide bonds. The molecule has 0 radical (unpaired) electrons. The van der Waals surface area contributed by atoms with Gasteiger partial charge in [-0.3, -0.25) is 28.8 Å². The molecular weight excluding hydrogens is 1120 g/mol. The molecule has 1 aromatic rings. The summed E-state index contributed by atoms with van der Waals surface area (Å²) >= 11 is 0. The van der Waals surface area contributed by atoms with E-state index in [2.05, 4.69) is 37.2 Å². The smallest absolute Gasteiger partial charge is 0.407 e. The fourth-order valence-corrected chi connectivity index (χ4v) is 8.31. The monoisotopic (exact) mass is 1230 g/mol. The van der Waals surface area contributed by atoms with Crippen LogP contribution in [0.1, 0.15) is 231 Å². The van der Waals surface area contributed by atoms with Crippen LogP contribution in [0.3, 0.4) is 0 Å². The minimum Gasteiger partial charge on any atom is -0.460 e. The van der Waals surface area contributed by atoms with Crippen LogP contribution in [0.5, 0.6) is 0 Å². The highest BCUT2D eigenvalue weighted by atomic mass is 16.6. The predicted molar refractivity (Wildman–Crippen MR) is 330 cm³/mol. The summed E-state index contributed by atoms with van der Waals surface area (Å²) < 4.78 is 27.0. The normalized spacial score (nSPS) is 13.2. The number of nitrogens with one attached hydrogen (secondary N) is 7. The maximum atomic E-state index is 14.0. The van der Waals surface area contributed by atoms with Crippen LogP contribution in [0.15, 0.2) is 24.3 Å². The topological polar surface area (TPSA) is 318 Å². The van der Waals surface area contributed by atoms with E-state index in [-0.39, 0.29) is 63.3 Å². The van der Waals surface area contributed by atoms with Gasteiger partial charge in [0, 0.05) is 45.3 Å². The van der Waals surface area contributed by atoms with Gasteiger partial charge in [-0.05, 0) is 193 Å². The van der Waals surface area contributed by atoms with Gasteiger partial charge in [-0.15, -0.1) is 0 Å². The summed E-state index contributed by atoms with van der Waals surface area (Å²) in [6.07, 6.45) is 5.60. The quantitative estimate of drug-likeness (QED) is 0.0143. The van der Waals surface area contributed by atoms with Gasteiger partial charge in [-0.25, -0.2) is 24.0 Å². The number of hydrogen-bond acceptors (Lipinski definition) is 16. The molecule has 1 rings (SSSR count). The molecule has 4 atom stereocenters. The number of alkyl carbamates (subject to hydrolysis) is 1. The van der Waals surface area contributed by atoms with Gasteiger partial charge in [-0.1, -0.05) is 49.1 Å². The largest absolute Gasteiger partial charge is 0.460 e. The van der Waals surface area contributed by atoms with Crippen molar-refractivity contribution in [1.29, 1.82) is 0 Å². The first-order chi connectivity index (χ1) is 40.2. The lowest BCUT2D eigenvalue weighted by Crippen LogP contribution is -2.53. The van der Waals surface area contributed by atoms with E-state index in [1.54, 1.807) is 104 Å². The number of carbonyl (C=O) groups is 11. The van der Waals surface area contributed by atoms with Gasteiger partial charge in [0.2, 0.25) is 23.6 Å². The van der Waals surface area contributed by atoms with Crippen LogP contribution in [-0.4, -0.2) is 137 Å². The number of carbonyl (C=O) groups excluding carboxylic acids is 11. The molecular formula is C64H107N7O16. The van der Waals surface area contributed by atoms with E-state index in [1.165, 1.54) is 0 Å². The molecule has 0 aliphatic heterocycles. The van der Waals surface area contributed by atoms with Crippen molar-refractivity contribution in [3.8, 4) is 0 Å². The SMILES string of the molecule is Cc1ccc(CCCC(=O)NCCCC[C@H](NC(=O)[C@H](CCCCNC(=O)OC(C)(C)C)NC(=O)CCCCCCCNC(=O)CC[C@H](NC(=O)N[C@@H](CCC(=O)OC(C)(C)C)C(=O)OC(C)(C)C)C(=O)OC(C)(C)C)C(=O)C(=O)OC(C)(C)C)cc1. The average Bonchev–Trinajstić information content (AvgIpc) is 3.36. The highest BCUT2D eigenvalue weighted by Gasteiger charge is 2.34. The van der Waals surface area contributed by atoms with Gasteiger partial charge in [0.1, 0.15) is 46.1 Å². The molecule has 0 saturated carbocycles. The van der Waals surface area contributed by atoms with Gasteiger partial charge < -0.3 is 60.9 Å². The van der Waals surface area contributed by atoms with Crippen molar-refractivity contribution in [1.82, 2.24) is 37.2 Å². The van der Waals surface area contributed by atoms with Crippen LogP contribution in [0.25, 0.3) is 0 Å². The number of ether oxygens (including phenoxy) is 5. The van der Waals surface area contributed by atoms with Crippen molar-refractivity contribution in [2.45, 2.75) is 285 Å². The molecule has 23 nitrogen and oxygen atoms in total. The predicted octanol–water partition coefficient (Wildman–Crippen LogP) is 8.26. The van der Waals surface area contributed by atoms with E-state index < -0.39 is 106 Å². The summed E-state index contributed by atoms with van der Waals surface area (Å²) in [6, 6.07) is 2.31. The van der Waals surface area contributed by atoms with Crippen molar-refractivity contribution >= 4 is 65.4 Å². The van der Waals surface area contributed by atoms with Gasteiger partial charge in [0.25, 0.3) is 5.78 Å². The van der Waals surface area contributed by atoms with Crippen molar-refractivity contribution in [2.24, 2.45) is 0 Å². The first-order valence-electron chi connectivity index (χ1n) is 30.9. The van der Waals surface area contributed by atoms with Gasteiger partial charge in [0.05, 0.1) is 6.04 Å². The zero-order valence-electron chi connectivity index (χ0n) is 55.2. The molecule has 0 saturated heterocycles. The lowest BCUT2D eigenvalue weighted by atomic mass is 10.0. The second kappa shape index (κ2) is 38.5. The Labute approximate surface area is 517 Å². The Morgan fingerprint density at radius 2 is 0.828 bits per heavy atom. The zero-order valence-corrected chi connectivity index (χ0v) is 55.2. The van der Waals surface area contributed by atoms with E-state index >= 15 is 0 Å². The first-order valence-corrected chi connectivity index (χ1v) is 30.9. The van der Waals surface area contributed by atoms with Crippen LogP contribution >= 0.6 is 0 Å². The Hall–Kier alpha value is -6.81. The van der Waals surface area contributed by atoms with Crippen LogP contribution < -0.4 is 37.2 Å². The standard InChI is InChI=1S/C64H107N7O16/c1-43-32-34-44(35-33-43)27-26-31-49(72)65-41-24-21-28-45(53(76)57(80)86-63(11,12)13)69-54(77)46(29-22-25-42-67-59(82)87-64(14,15)16)68-51(74)30-20-18-17-19-23-40-66-50(73)38-36-47(55(78)84-61(5,6)7)70-58(81)71-48(56(79)85-62(8,9)10)37-39-52(75)83-60(2,3)4/h32-35,45-48H,17-31,36-42H2,1-16H3,(H,65,72)(H,66,73)(H,67,82)(H,68,74)(H,69,77)(H2,70,71,81)/t45-,46-,47-,48-/m0/s1. The third-order valence-corrected chi connectivity index (χ3v) is 12.3. The minimum absolute atomic E-state index is 0.0610. The number of esters is 4. The summed E-state index contributed by atoms with van der Waals surface area (Å²) in [4.78, 5) is 144. The number of amides is 7. The second-order valence-corrected chi connectivity index (χ2v) is 27.0.